The topological polar surface area (TPSA) is 180 Å². The minimum Gasteiger partial charge on any atom is -0.481 e. The summed E-state index contributed by atoms with van der Waals surface area (Å²) in [5.74, 6) is -3.54. The number of aliphatic carboxylic acids is 2. The number of carboxylic acid groups (broad SMARTS) is 2. The fourth-order valence-electron chi connectivity index (χ4n) is 2.70. The lowest BCUT2D eigenvalue weighted by atomic mass is 10.1. The smallest absolute Gasteiger partial charge is 0.343 e. The lowest BCUT2D eigenvalue weighted by Gasteiger charge is -2.13. The van der Waals surface area contributed by atoms with Crippen LogP contribution >= 0.6 is 0 Å². The first kappa shape index (κ1) is 24.8. The Labute approximate surface area is 189 Å². The van der Waals surface area contributed by atoms with Gasteiger partial charge < -0.3 is 26.0 Å². The molecule has 0 aliphatic rings. The zero-order chi connectivity index (χ0) is 24.5. The molecular weight excluding hydrogens is 430 g/mol. The summed E-state index contributed by atoms with van der Waals surface area (Å²) in [5, 5.41) is 27.5. The summed E-state index contributed by atoms with van der Waals surface area (Å²) >= 11 is 0. The molecule has 0 unspecified atom stereocenters. The number of ether oxygens (including phenoxy) is 1. The molecule has 0 heterocycles. The molecule has 0 aliphatic carbocycles. The summed E-state index contributed by atoms with van der Waals surface area (Å²) in [6, 6.07) is 11.0. The number of amidine groups is 1. The van der Waals surface area contributed by atoms with Gasteiger partial charge in [-0.1, -0.05) is 12.1 Å². The van der Waals surface area contributed by atoms with E-state index >= 15 is 0 Å². The van der Waals surface area contributed by atoms with E-state index in [1.165, 1.54) is 37.3 Å². The highest BCUT2D eigenvalue weighted by molar-refractivity contribution is 5.99. The van der Waals surface area contributed by atoms with Crippen molar-refractivity contribution in [2.75, 3.05) is 0 Å². The van der Waals surface area contributed by atoms with Crippen LogP contribution in [0.2, 0.25) is 0 Å². The quantitative estimate of drug-likeness (QED) is 0.119. The second-order valence-corrected chi connectivity index (χ2v) is 7.07. The van der Waals surface area contributed by atoms with Gasteiger partial charge in [0.2, 0.25) is 5.91 Å². The average Bonchev–Trinajstić information content (AvgIpc) is 2.76. The largest absolute Gasteiger partial charge is 0.481 e. The molecule has 33 heavy (non-hydrogen) atoms. The summed E-state index contributed by atoms with van der Waals surface area (Å²) in [5.41, 5.74) is 6.94. The van der Waals surface area contributed by atoms with Gasteiger partial charge in [-0.2, -0.15) is 0 Å². The molecule has 2 rings (SSSR count). The van der Waals surface area contributed by atoms with Gasteiger partial charge in [-0.15, -0.1) is 0 Å². The van der Waals surface area contributed by atoms with Crippen molar-refractivity contribution in [1.82, 2.24) is 5.32 Å². The zero-order valence-electron chi connectivity index (χ0n) is 17.7. The molecule has 2 aromatic rings. The Hall–Kier alpha value is -4.47. The average molecular weight is 453 g/mol. The van der Waals surface area contributed by atoms with E-state index < -0.39 is 36.3 Å². The predicted octanol–water partition coefficient (Wildman–Crippen LogP) is 2.03. The highest BCUT2D eigenvalue weighted by Gasteiger charge is 2.21. The summed E-state index contributed by atoms with van der Waals surface area (Å²) in [6.45, 7) is 1.48. The van der Waals surface area contributed by atoms with Crippen LogP contribution in [0.4, 0.5) is 0 Å². The Balaban J connectivity index is 2.01. The molecular formula is C23H23N3O7. The molecule has 0 aliphatic heterocycles. The van der Waals surface area contributed by atoms with Crippen molar-refractivity contribution < 1.29 is 34.1 Å². The molecule has 0 saturated heterocycles. The fraction of sp³-hybridized carbons (Fsp3) is 0.174. The van der Waals surface area contributed by atoms with Gasteiger partial charge in [0.1, 0.15) is 17.6 Å². The Bertz CT molecular complexity index is 1090. The number of carboxylic acids is 2. The van der Waals surface area contributed by atoms with E-state index in [2.05, 4.69) is 5.32 Å². The number of carbonyl (C=O) groups excluding carboxylic acids is 2. The van der Waals surface area contributed by atoms with Crippen LogP contribution in [0.1, 0.15) is 41.3 Å². The van der Waals surface area contributed by atoms with Crippen LogP contribution in [0, 0.1) is 5.41 Å². The number of carbonyl (C=O) groups is 4. The van der Waals surface area contributed by atoms with Gasteiger partial charge in [0.25, 0.3) is 0 Å². The maximum Gasteiger partial charge on any atom is 0.343 e. The minimum atomic E-state index is -1.32. The van der Waals surface area contributed by atoms with E-state index in [9.17, 15) is 19.2 Å². The van der Waals surface area contributed by atoms with Crippen molar-refractivity contribution in [2.24, 2.45) is 5.73 Å². The van der Waals surface area contributed by atoms with Gasteiger partial charge in [-0.3, -0.25) is 15.0 Å². The molecule has 0 saturated carbocycles. The molecule has 0 spiro atoms. The SMILES string of the molecule is CC(=Cc1ccc(C(=O)Oc2ccc(C(=N)N)cc2)cc1)C(=O)N[C@@H](CCC(=O)O)C(=O)O. The maximum atomic E-state index is 12.3. The van der Waals surface area contributed by atoms with Gasteiger partial charge in [0.05, 0.1) is 5.56 Å². The minimum absolute atomic E-state index is 0.0979. The Morgan fingerprint density at radius 1 is 1.03 bits per heavy atom. The summed E-state index contributed by atoms with van der Waals surface area (Å²) in [4.78, 5) is 46.4. The van der Waals surface area contributed by atoms with E-state index in [0.717, 1.165) is 0 Å². The first-order chi connectivity index (χ1) is 15.6. The Kier molecular flexibility index (Phi) is 8.44. The molecule has 0 aromatic heterocycles. The normalized spacial score (nSPS) is 11.8. The number of amides is 1. The van der Waals surface area contributed by atoms with Crippen LogP contribution in [0.15, 0.2) is 54.1 Å². The Morgan fingerprint density at radius 3 is 2.12 bits per heavy atom. The van der Waals surface area contributed by atoms with Crippen LogP contribution in [0.25, 0.3) is 6.08 Å². The second-order valence-electron chi connectivity index (χ2n) is 7.07. The zero-order valence-corrected chi connectivity index (χ0v) is 17.7. The molecule has 6 N–H and O–H groups in total. The molecule has 10 nitrogen and oxygen atoms in total. The van der Waals surface area contributed by atoms with E-state index in [1.54, 1.807) is 24.3 Å². The van der Waals surface area contributed by atoms with Gasteiger partial charge in [0, 0.05) is 17.6 Å². The maximum absolute atomic E-state index is 12.3. The highest BCUT2D eigenvalue weighted by Crippen LogP contribution is 2.16. The van der Waals surface area contributed by atoms with Crippen molar-refractivity contribution in [3.8, 4) is 5.75 Å². The third kappa shape index (κ3) is 7.62. The molecule has 2 aromatic carbocycles. The predicted molar refractivity (Wildman–Crippen MR) is 119 cm³/mol. The van der Waals surface area contributed by atoms with Crippen molar-refractivity contribution >= 4 is 35.7 Å². The summed E-state index contributed by atoms with van der Waals surface area (Å²) in [7, 11) is 0. The van der Waals surface area contributed by atoms with Gasteiger partial charge in [-0.05, 0) is 61.4 Å². The number of nitrogen functional groups attached to an aromatic ring is 1. The van der Waals surface area contributed by atoms with Crippen LogP contribution < -0.4 is 15.8 Å². The van der Waals surface area contributed by atoms with E-state index in [1.807, 2.05) is 0 Å². The number of hydrogen-bond acceptors (Lipinski definition) is 6. The number of rotatable bonds is 10. The van der Waals surface area contributed by atoms with Crippen molar-refractivity contribution in [3.63, 3.8) is 0 Å². The number of hydrogen-bond donors (Lipinski definition) is 5. The lowest BCUT2D eigenvalue weighted by molar-refractivity contribution is -0.142. The second kappa shape index (κ2) is 11.2. The third-order valence-corrected chi connectivity index (χ3v) is 4.51. The van der Waals surface area contributed by atoms with Crippen molar-refractivity contribution in [2.45, 2.75) is 25.8 Å². The van der Waals surface area contributed by atoms with Crippen LogP contribution in [0.3, 0.4) is 0 Å². The third-order valence-electron chi connectivity index (χ3n) is 4.51. The van der Waals surface area contributed by atoms with Gasteiger partial charge in [0.15, 0.2) is 0 Å². The molecule has 1 atom stereocenters. The molecule has 0 bridgehead atoms. The molecule has 10 heteroatoms. The number of benzene rings is 2. The van der Waals surface area contributed by atoms with Crippen LogP contribution in [0.5, 0.6) is 5.75 Å². The Morgan fingerprint density at radius 2 is 1.61 bits per heavy atom. The molecule has 0 radical (unpaired) electrons. The summed E-state index contributed by atoms with van der Waals surface area (Å²) in [6.07, 6.45) is 0.872. The van der Waals surface area contributed by atoms with E-state index in [-0.39, 0.29) is 29.1 Å². The standard InChI is InChI=1S/C23H23N3O7/c1-13(21(29)26-18(22(30)31)10-11-19(27)28)12-14-2-4-16(5-3-14)23(32)33-17-8-6-15(7-9-17)20(24)25/h2-9,12,18H,10-11H2,1H3,(H3,24,25)(H,26,29)(H,27,28)(H,30,31)/t18-/m0/s1. The number of nitrogens with two attached hydrogens (primary N) is 1. The fourth-order valence-corrected chi connectivity index (χ4v) is 2.70. The van der Waals surface area contributed by atoms with E-state index in [4.69, 9.17) is 26.1 Å². The summed E-state index contributed by atoms with van der Waals surface area (Å²) < 4.78 is 5.27. The van der Waals surface area contributed by atoms with Crippen molar-refractivity contribution in [1.29, 1.82) is 5.41 Å². The molecule has 1 amide bonds. The van der Waals surface area contributed by atoms with Gasteiger partial charge in [-0.25, -0.2) is 9.59 Å². The molecule has 0 fully saturated rings. The first-order valence-corrected chi connectivity index (χ1v) is 9.77. The van der Waals surface area contributed by atoms with Crippen molar-refractivity contribution in [3.05, 3.63) is 70.8 Å². The van der Waals surface area contributed by atoms with Crippen LogP contribution in [-0.4, -0.2) is 45.9 Å². The first-order valence-electron chi connectivity index (χ1n) is 9.77. The number of nitrogens with one attached hydrogen (secondary N) is 2. The number of esters is 1. The van der Waals surface area contributed by atoms with E-state index in [0.29, 0.717) is 11.1 Å². The monoisotopic (exact) mass is 453 g/mol. The van der Waals surface area contributed by atoms with Gasteiger partial charge >= 0.3 is 17.9 Å². The molecule has 172 valence electrons. The van der Waals surface area contributed by atoms with Crippen LogP contribution in [-0.2, 0) is 14.4 Å². The highest BCUT2D eigenvalue weighted by atomic mass is 16.5. The lowest BCUT2D eigenvalue weighted by Crippen LogP contribution is -2.41.